The van der Waals surface area contributed by atoms with Crippen LogP contribution < -0.4 is 15.3 Å². The Kier molecular flexibility index (Phi) is 5.57. The molecule has 25 heavy (non-hydrogen) atoms. The topological polar surface area (TPSA) is 117 Å². The molecule has 1 amide bonds. The highest BCUT2D eigenvalue weighted by Gasteiger charge is 2.37. The molecule has 0 aromatic heterocycles. The summed E-state index contributed by atoms with van der Waals surface area (Å²) in [6.07, 6.45) is 2.09. The molecule has 0 spiro atoms. The van der Waals surface area contributed by atoms with Crippen LogP contribution in [0.1, 0.15) is 28.8 Å². The van der Waals surface area contributed by atoms with Crippen molar-refractivity contribution in [3.05, 3.63) is 29.3 Å². The summed E-state index contributed by atoms with van der Waals surface area (Å²) in [6.45, 7) is 1.68. The van der Waals surface area contributed by atoms with Crippen LogP contribution in [0.5, 0.6) is 5.75 Å². The van der Waals surface area contributed by atoms with Crippen molar-refractivity contribution in [1.29, 1.82) is 0 Å². The number of carbonyl (C=O) groups is 2. The first kappa shape index (κ1) is 17.7. The number of para-hydroxylation sites is 1. The van der Waals surface area contributed by atoms with Gasteiger partial charge in [0, 0.05) is 0 Å². The molecule has 2 aliphatic rings. The fourth-order valence-corrected chi connectivity index (χ4v) is 3.12. The lowest BCUT2D eigenvalue weighted by Gasteiger charge is -2.29. The first-order valence-electron chi connectivity index (χ1n) is 8.36. The van der Waals surface area contributed by atoms with Crippen molar-refractivity contribution in [2.24, 2.45) is 0 Å². The van der Waals surface area contributed by atoms with Crippen LogP contribution in [-0.4, -0.2) is 60.9 Å². The SMILES string of the molecule is O=C(COC1CCNCC1)NC1Cc2cccc(C(=O)O)c2OB1O. The molecule has 1 unspecified atom stereocenters. The zero-order valence-electron chi connectivity index (χ0n) is 13.7. The van der Waals surface area contributed by atoms with Crippen LogP contribution in [0.4, 0.5) is 0 Å². The van der Waals surface area contributed by atoms with Gasteiger partial charge < -0.3 is 30.2 Å². The molecule has 1 aromatic rings. The van der Waals surface area contributed by atoms with Gasteiger partial charge in [-0.25, -0.2) is 4.79 Å². The number of rotatable bonds is 5. The quantitative estimate of drug-likeness (QED) is 0.535. The van der Waals surface area contributed by atoms with Gasteiger partial charge in [-0.1, -0.05) is 12.1 Å². The van der Waals surface area contributed by atoms with Crippen molar-refractivity contribution in [3.63, 3.8) is 0 Å². The number of benzene rings is 1. The minimum absolute atomic E-state index is 0.00410. The number of hydrogen-bond donors (Lipinski definition) is 4. The van der Waals surface area contributed by atoms with Crippen molar-refractivity contribution in [1.82, 2.24) is 10.6 Å². The Morgan fingerprint density at radius 2 is 2.12 bits per heavy atom. The van der Waals surface area contributed by atoms with Gasteiger partial charge in [0.25, 0.3) is 0 Å². The van der Waals surface area contributed by atoms with E-state index in [1.54, 1.807) is 12.1 Å². The Labute approximate surface area is 145 Å². The molecule has 0 saturated carbocycles. The van der Waals surface area contributed by atoms with Gasteiger partial charge in [-0.2, -0.15) is 0 Å². The van der Waals surface area contributed by atoms with Gasteiger partial charge in [-0.05, 0) is 44.0 Å². The second-order valence-corrected chi connectivity index (χ2v) is 6.25. The third-order valence-electron chi connectivity index (χ3n) is 4.43. The fraction of sp³-hybridized carbons (Fsp3) is 0.500. The van der Waals surface area contributed by atoms with E-state index in [1.807, 2.05) is 0 Å². The summed E-state index contributed by atoms with van der Waals surface area (Å²) in [5.74, 6) is -1.95. The maximum Gasteiger partial charge on any atom is 0.547 e. The largest absolute Gasteiger partial charge is 0.547 e. The van der Waals surface area contributed by atoms with Gasteiger partial charge in [-0.15, -0.1) is 0 Å². The average Bonchev–Trinajstić information content (AvgIpc) is 2.61. The summed E-state index contributed by atoms with van der Waals surface area (Å²) >= 11 is 0. The van der Waals surface area contributed by atoms with Gasteiger partial charge in [-0.3, -0.25) is 4.79 Å². The van der Waals surface area contributed by atoms with Crippen LogP contribution in [0.2, 0.25) is 0 Å². The number of carboxylic acid groups (broad SMARTS) is 1. The molecule has 8 nitrogen and oxygen atoms in total. The first-order chi connectivity index (χ1) is 12.0. The molecular formula is C16H21BN2O6. The molecule has 0 bridgehead atoms. The molecule has 2 heterocycles. The van der Waals surface area contributed by atoms with E-state index in [1.165, 1.54) is 6.07 Å². The van der Waals surface area contributed by atoms with E-state index >= 15 is 0 Å². The average molecular weight is 348 g/mol. The van der Waals surface area contributed by atoms with Gasteiger partial charge in [0.2, 0.25) is 5.91 Å². The predicted octanol–water partition coefficient (Wildman–Crippen LogP) is -0.407. The van der Waals surface area contributed by atoms with Crippen LogP contribution in [0, 0.1) is 0 Å². The summed E-state index contributed by atoms with van der Waals surface area (Å²) in [4.78, 5) is 23.3. The number of carboxylic acids is 1. The zero-order valence-corrected chi connectivity index (χ0v) is 13.7. The molecule has 2 aliphatic heterocycles. The monoisotopic (exact) mass is 348 g/mol. The molecule has 1 atom stereocenters. The first-order valence-corrected chi connectivity index (χ1v) is 8.36. The van der Waals surface area contributed by atoms with Gasteiger partial charge in [0.15, 0.2) is 0 Å². The molecule has 3 rings (SSSR count). The van der Waals surface area contributed by atoms with E-state index in [9.17, 15) is 19.7 Å². The van der Waals surface area contributed by atoms with Crippen molar-refractivity contribution < 1.29 is 29.1 Å². The molecule has 1 aromatic carbocycles. The Morgan fingerprint density at radius 3 is 2.84 bits per heavy atom. The molecule has 0 aliphatic carbocycles. The van der Waals surface area contributed by atoms with Crippen molar-refractivity contribution in [3.8, 4) is 5.75 Å². The molecule has 134 valence electrons. The minimum Gasteiger partial charge on any atom is -0.534 e. The van der Waals surface area contributed by atoms with Crippen LogP contribution in [0.15, 0.2) is 18.2 Å². The maximum atomic E-state index is 12.1. The lowest BCUT2D eigenvalue weighted by Crippen LogP contribution is -2.54. The number of fused-ring (bicyclic) bond motifs is 1. The highest BCUT2D eigenvalue weighted by molar-refractivity contribution is 6.47. The van der Waals surface area contributed by atoms with E-state index in [4.69, 9.17) is 9.39 Å². The zero-order chi connectivity index (χ0) is 17.8. The number of piperidine rings is 1. The smallest absolute Gasteiger partial charge is 0.534 e. The summed E-state index contributed by atoms with van der Waals surface area (Å²) in [5, 5.41) is 25.2. The minimum atomic E-state index is -1.31. The number of nitrogens with one attached hydrogen (secondary N) is 2. The van der Waals surface area contributed by atoms with Crippen LogP contribution in [0.3, 0.4) is 0 Å². The van der Waals surface area contributed by atoms with Crippen molar-refractivity contribution in [2.75, 3.05) is 19.7 Å². The molecule has 0 radical (unpaired) electrons. The number of amides is 1. The summed E-state index contributed by atoms with van der Waals surface area (Å²) in [6, 6.07) is 4.75. The third-order valence-corrected chi connectivity index (χ3v) is 4.43. The summed E-state index contributed by atoms with van der Waals surface area (Å²) in [7, 11) is -1.31. The molecule has 4 N–H and O–H groups in total. The number of hydrogen-bond acceptors (Lipinski definition) is 6. The Hall–Kier alpha value is -2.10. The molecule has 9 heteroatoms. The fourth-order valence-electron chi connectivity index (χ4n) is 3.12. The second kappa shape index (κ2) is 7.86. The molecule has 1 fully saturated rings. The Balaban J connectivity index is 1.57. The summed E-state index contributed by atoms with van der Waals surface area (Å²) < 4.78 is 10.9. The lowest BCUT2D eigenvalue weighted by molar-refractivity contribution is -0.128. The van der Waals surface area contributed by atoms with Gasteiger partial charge in [0.05, 0.1) is 17.6 Å². The normalized spacial score (nSPS) is 20.5. The van der Waals surface area contributed by atoms with E-state index in [2.05, 4.69) is 10.6 Å². The molecule has 1 saturated heterocycles. The van der Waals surface area contributed by atoms with Crippen LogP contribution in [-0.2, 0) is 16.0 Å². The number of aromatic carboxylic acids is 1. The van der Waals surface area contributed by atoms with E-state index in [-0.39, 0.29) is 36.4 Å². The van der Waals surface area contributed by atoms with Gasteiger partial charge in [0.1, 0.15) is 12.4 Å². The van der Waals surface area contributed by atoms with E-state index < -0.39 is 19.0 Å². The second-order valence-electron chi connectivity index (χ2n) is 6.25. The third kappa shape index (κ3) is 4.30. The maximum absolute atomic E-state index is 12.1. The highest BCUT2D eigenvalue weighted by Crippen LogP contribution is 2.30. The van der Waals surface area contributed by atoms with Crippen LogP contribution >= 0.6 is 0 Å². The summed E-state index contributed by atoms with van der Waals surface area (Å²) in [5.41, 5.74) is 0.630. The van der Waals surface area contributed by atoms with Crippen molar-refractivity contribution in [2.45, 2.75) is 31.3 Å². The standard InChI is InChI=1S/C16H21BN2O6/c20-14(9-24-11-4-6-18-7-5-11)19-13-8-10-2-1-3-12(16(21)22)15(10)25-17(13)23/h1-3,11,13,18,23H,4-9H2,(H,19,20)(H,21,22). The highest BCUT2D eigenvalue weighted by atomic mass is 16.5. The van der Waals surface area contributed by atoms with Gasteiger partial charge >= 0.3 is 13.1 Å². The van der Waals surface area contributed by atoms with E-state index in [0.29, 0.717) is 5.56 Å². The lowest BCUT2D eigenvalue weighted by atomic mass is 9.72. The Morgan fingerprint density at radius 1 is 1.36 bits per heavy atom. The van der Waals surface area contributed by atoms with E-state index in [0.717, 1.165) is 25.9 Å². The Bertz CT molecular complexity index is 650. The van der Waals surface area contributed by atoms with Crippen LogP contribution in [0.25, 0.3) is 0 Å². The number of carbonyl (C=O) groups excluding carboxylic acids is 1. The van der Waals surface area contributed by atoms with Crippen molar-refractivity contribution >= 4 is 19.0 Å². The predicted molar refractivity (Wildman–Crippen MR) is 89.5 cm³/mol. The molecular weight excluding hydrogens is 327 g/mol. The number of ether oxygens (including phenoxy) is 1.